The van der Waals surface area contributed by atoms with Crippen LogP contribution in [-0.2, 0) is 20.8 Å². The van der Waals surface area contributed by atoms with Gasteiger partial charge in [0.15, 0.2) is 0 Å². The first-order chi connectivity index (χ1) is 32.0. The second-order valence-electron chi connectivity index (χ2n) is 25.6. The lowest BCUT2D eigenvalue weighted by molar-refractivity contribution is -0.297. The minimum absolute atomic E-state index is 0.105. The summed E-state index contributed by atoms with van der Waals surface area (Å²) in [4.78, 5) is 32.8. The Morgan fingerprint density at radius 3 is 0.914 bits per heavy atom. The zero-order valence-corrected chi connectivity index (χ0v) is 45.1. The van der Waals surface area contributed by atoms with Gasteiger partial charge in [-0.05, 0) is 161 Å². The molecule has 70 heavy (non-hydrogen) atoms. The highest BCUT2D eigenvalue weighted by molar-refractivity contribution is 5.65. The third kappa shape index (κ3) is 11.2. The van der Waals surface area contributed by atoms with E-state index >= 15 is 0 Å². The molecule has 0 aliphatic carbocycles. The first-order valence-corrected chi connectivity index (χ1v) is 24.9. The molecule has 2 N–H and O–H groups in total. The summed E-state index contributed by atoms with van der Waals surface area (Å²) in [5.74, 6) is 1.33. The number of ether oxygens (including phenoxy) is 2. The summed E-state index contributed by atoms with van der Waals surface area (Å²) in [6.07, 6.45) is 3.59. The molecule has 4 aliphatic heterocycles. The zero-order valence-electron chi connectivity index (χ0n) is 45.1. The van der Waals surface area contributed by atoms with Crippen LogP contribution in [0.2, 0.25) is 0 Å². The van der Waals surface area contributed by atoms with Crippen molar-refractivity contribution >= 4 is 35.2 Å². The number of hydroxylamine groups is 8. The summed E-state index contributed by atoms with van der Waals surface area (Å²) in [6, 6.07) is 7.87. The Kier molecular flexibility index (Phi) is 14.0. The Balaban J connectivity index is 1.18. The molecule has 20 heteroatoms. The van der Waals surface area contributed by atoms with Crippen molar-refractivity contribution in [3.8, 4) is 12.0 Å². The highest BCUT2D eigenvalue weighted by Gasteiger charge is 2.50. The molecule has 1 aromatic carbocycles. The number of nitrogens with zero attached hydrogens (tertiary/aromatic N) is 12. The minimum Gasteiger partial charge on any atom is -0.460 e. The number of rotatable bonds is 12. The molecule has 4 fully saturated rings. The standard InChI is InChI=1S/C50H80N14O6/c1-43(2)23-31(24-44(3,4)61(43)65)51-37-53-39(57-41(55-37)69-35-27-47(9,10)63(67)48(11,12)28-35)59(17)33-19-21-34(22-20-33)60(18)40-54-38(52-32-25-45(5,6)62(66)46(7,8)26-32)56-42(58-40)70-36-29-49(13,14)64(68)50(15,16)30-36/h19-22,31-32,35-36H,23-30H2,1-18H3,(H,51,53,55,57)(H,52,54,56,58). The Labute approximate surface area is 416 Å². The van der Waals surface area contributed by atoms with Gasteiger partial charge in [0.2, 0.25) is 23.8 Å². The lowest BCUT2D eigenvalue weighted by Gasteiger charge is -2.50. The van der Waals surface area contributed by atoms with Crippen LogP contribution in [-0.4, -0.2) is 133 Å². The van der Waals surface area contributed by atoms with Crippen LogP contribution < -0.4 is 29.9 Å². The molecule has 0 spiro atoms. The first kappa shape index (κ1) is 53.5. The van der Waals surface area contributed by atoms with Crippen LogP contribution >= 0.6 is 0 Å². The van der Waals surface area contributed by atoms with Gasteiger partial charge in [0.25, 0.3) is 0 Å². The normalized spacial score (nSPS) is 25.0. The second kappa shape index (κ2) is 18.3. The van der Waals surface area contributed by atoms with Gasteiger partial charge in [-0.15, -0.1) is 41.1 Å². The molecule has 20 nitrogen and oxygen atoms in total. The van der Waals surface area contributed by atoms with E-state index in [0.29, 0.717) is 75.2 Å². The predicted molar refractivity (Wildman–Crippen MR) is 266 cm³/mol. The molecule has 6 heterocycles. The summed E-state index contributed by atoms with van der Waals surface area (Å²) >= 11 is 0. The van der Waals surface area contributed by atoms with Crippen LogP contribution in [0.3, 0.4) is 0 Å². The van der Waals surface area contributed by atoms with E-state index in [9.17, 15) is 20.8 Å². The summed E-state index contributed by atoms with van der Waals surface area (Å²) in [5, 5.41) is 64.7. The minimum atomic E-state index is -0.665. The van der Waals surface area contributed by atoms with Crippen molar-refractivity contribution in [1.82, 2.24) is 50.2 Å². The molecular weight excluding hydrogens is 893 g/mol. The van der Waals surface area contributed by atoms with Crippen LogP contribution in [0.1, 0.15) is 162 Å². The molecule has 0 bridgehead atoms. The van der Waals surface area contributed by atoms with Gasteiger partial charge in [-0.2, -0.15) is 29.9 Å². The van der Waals surface area contributed by atoms with Crippen LogP contribution in [0.4, 0.5) is 35.2 Å². The third-order valence-corrected chi connectivity index (χ3v) is 14.9. The Morgan fingerprint density at radius 2 is 0.657 bits per heavy atom. The molecule has 7 rings (SSSR count). The van der Waals surface area contributed by atoms with E-state index in [1.165, 1.54) is 20.3 Å². The van der Waals surface area contributed by atoms with E-state index in [1.807, 2.05) is 159 Å². The monoisotopic (exact) mass is 973 g/mol. The van der Waals surface area contributed by atoms with Gasteiger partial charge in [-0.3, -0.25) is 0 Å². The molecule has 386 valence electrons. The Morgan fingerprint density at radius 1 is 0.414 bits per heavy atom. The van der Waals surface area contributed by atoms with Gasteiger partial charge < -0.3 is 29.9 Å². The van der Waals surface area contributed by atoms with Crippen LogP contribution in [0, 0.1) is 0 Å². The Bertz CT molecular complexity index is 1980. The molecule has 4 radical (unpaired) electrons. The van der Waals surface area contributed by atoms with Crippen molar-refractivity contribution in [2.45, 2.75) is 231 Å². The van der Waals surface area contributed by atoms with Crippen molar-refractivity contribution in [2.75, 3.05) is 34.5 Å². The van der Waals surface area contributed by atoms with Crippen LogP contribution in [0.5, 0.6) is 12.0 Å². The maximum Gasteiger partial charge on any atom is 0.323 e. The van der Waals surface area contributed by atoms with Crippen molar-refractivity contribution in [1.29, 1.82) is 0 Å². The number of piperidine rings is 4. The summed E-state index contributed by atoms with van der Waals surface area (Å²) in [6.45, 7) is 31.1. The Hall–Kier alpha value is -4.28. The van der Waals surface area contributed by atoms with Crippen LogP contribution in [0.25, 0.3) is 0 Å². The van der Waals surface area contributed by atoms with E-state index in [2.05, 4.69) is 10.6 Å². The largest absolute Gasteiger partial charge is 0.460 e. The number of benzene rings is 1. The van der Waals surface area contributed by atoms with E-state index < -0.39 is 44.3 Å². The maximum atomic E-state index is 13.2. The number of hydrogen-bond donors (Lipinski definition) is 2. The van der Waals surface area contributed by atoms with Gasteiger partial charge in [0.1, 0.15) is 12.2 Å². The van der Waals surface area contributed by atoms with Crippen molar-refractivity contribution in [3.63, 3.8) is 0 Å². The van der Waals surface area contributed by atoms with Crippen molar-refractivity contribution in [3.05, 3.63) is 24.3 Å². The fourth-order valence-electron chi connectivity index (χ4n) is 12.3. The molecule has 3 aromatic rings. The molecule has 0 amide bonds. The number of aromatic nitrogens is 6. The summed E-state index contributed by atoms with van der Waals surface area (Å²) < 4.78 is 13.1. The van der Waals surface area contributed by atoms with Crippen molar-refractivity contribution in [2.24, 2.45) is 0 Å². The van der Waals surface area contributed by atoms with Crippen molar-refractivity contribution < 1.29 is 30.3 Å². The van der Waals surface area contributed by atoms with Gasteiger partial charge in [-0.25, -0.2) is 0 Å². The second-order valence-corrected chi connectivity index (χ2v) is 25.6. The topological polar surface area (TPSA) is 219 Å². The number of anilines is 6. The SMILES string of the molecule is CN(c1ccc(N(C)c2nc(NC3CC(C)(C)N([O])C(C)(C)C3)nc(OC3CC(C)(C)N([O])C(C)(C)C3)n2)cc1)c1nc(NC2CC(C)(C)N([O])C(C)(C)C2)nc(OC2CC(C)(C)N([O])C(C)(C)C2)n1. The smallest absolute Gasteiger partial charge is 0.323 e. The van der Waals surface area contributed by atoms with E-state index in [0.717, 1.165) is 11.4 Å². The lowest BCUT2D eigenvalue weighted by Crippen LogP contribution is -2.60. The highest BCUT2D eigenvalue weighted by atomic mass is 16.5. The van der Waals surface area contributed by atoms with Crippen LogP contribution in [0.15, 0.2) is 24.3 Å². The molecule has 0 saturated carbocycles. The average Bonchev–Trinajstić information content (AvgIpc) is 3.21. The van der Waals surface area contributed by atoms with Gasteiger partial charge in [-0.1, -0.05) is 0 Å². The molecule has 2 aromatic heterocycles. The maximum absolute atomic E-state index is 13.2. The first-order valence-electron chi connectivity index (χ1n) is 24.9. The summed E-state index contributed by atoms with van der Waals surface area (Å²) in [7, 11) is 3.75. The fraction of sp³-hybridized carbons (Fsp3) is 0.760. The van der Waals surface area contributed by atoms with Gasteiger partial charge in [0, 0.05) is 108 Å². The summed E-state index contributed by atoms with van der Waals surface area (Å²) in [5.41, 5.74) is -3.58. The zero-order chi connectivity index (χ0) is 51.9. The quantitative estimate of drug-likeness (QED) is 0.173. The van der Waals surface area contributed by atoms with E-state index in [-0.39, 0.29) is 36.3 Å². The molecule has 4 saturated heterocycles. The molecule has 0 atom stereocenters. The van der Waals surface area contributed by atoms with E-state index in [1.54, 1.807) is 0 Å². The molecule has 4 aliphatic rings. The highest BCUT2D eigenvalue weighted by Crippen LogP contribution is 2.43. The van der Waals surface area contributed by atoms with Gasteiger partial charge in [0.05, 0.1) is 0 Å². The fourth-order valence-corrected chi connectivity index (χ4v) is 12.3. The molecule has 0 unspecified atom stereocenters. The lowest BCUT2D eigenvalue weighted by atomic mass is 9.79. The predicted octanol–water partition coefficient (Wildman–Crippen LogP) is 8.64. The van der Waals surface area contributed by atoms with Gasteiger partial charge >= 0.3 is 12.0 Å². The number of hydrogen-bond acceptors (Lipinski definition) is 16. The van der Waals surface area contributed by atoms with E-state index in [4.69, 9.17) is 39.4 Å². The molecular formula is C50H80N14O6. The average molecular weight is 973 g/mol. The third-order valence-electron chi connectivity index (χ3n) is 14.9. The number of nitrogens with one attached hydrogen (secondary N) is 2.